The molecule has 20 heavy (non-hydrogen) atoms. The lowest BCUT2D eigenvalue weighted by Crippen LogP contribution is -2.33. The number of halogens is 3. The predicted molar refractivity (Wildman–Crippen MR) is 58.3 cm³/mol. The first-order valence-electron chi connectivity index (χ1n) is 5.06. The number of carbonyl (C=O) groups excluding carboxylic acids is 1. The first kappa shape index (κ1) is 15.9. The first-order valence-corrected chi connectivity index (χ1v) is 5.06. The van der Waals surface area contributed by atoms with Gasteiger partial charge < -0.3 is 15.9 Å². The molecule has 7 nitrogen and oxygen atoms in total. The number of nitrogens with zero attached hydrogens (tertiary/aromatic N) is 1. The van der Waals surface area contributed by atoms with Gasteiger partial charge >= 0.3 is 6.18 Å². The Bertz CT molecular complexity index is 546. The fourth-order valence-corrected chi connectivity index (χ4v) is 1.46. The summed E-state index contributed by atoms with van der Waals surface area (Å²) in [5.41, 5.74) is 1.47. The third kappa shape index (κ3) is 3.22. The number of nitro benzene ring substituents is 1. The van der Waals surface area contributed by atoms with Crippen molar-refractivity contribution in [3.63, 3.8) is 0 Å². The van der Waals surface area contributed by atoms with E-state index in [1.807, 2.05) is 0 Å². The van der Waals surface area contributed by atoms with E-state index in [1.165, 1.54) is 0 Å². The lowest BCUT2D eigenvalue weighted by Gasteiger charge is -2.16. The van der Waals surface area contributed by atoms with Crippen molar-refractivity contribution >= 4 is 11.6 Å². The number of benzene rings is 1. The molecule has 4 N–H and O–H groups in total. The number of primary amides is 1. The average Bonchev–Trinajstić information content (AvgIpc) is 2.34. The van der Waals surface area contributed by atoms with Crippen LogP contribution in [-0.4, -0.2) is 27.1 Å². The van der Waals surface area contributed by atoms with Crippen molar-refractivity contribution in [2.45, 2.75) is 18.4 Å². The number of carbonyl (C=O) groups is 1. The number of aliphatic hydroxyl groups is 2. The van der Waals surface area contributed by atoms with Gasteiger partial charge in [-0.1, -0.05) is 6.07 Å². The van der Waals surface area contributed by atoms with Crippen LogP contribution in [0.2, 0.25) is 0 Å². The number of nitro groups is 1. The van der Waals surface area contributed by atoms with Crippen molar-refractivity contribution in [1.29, 1.82) is 0 Å². The highest BCUT2D eigenvalue weighted by atomic mass is 19.4. The molecule has 110 valence electrons. The summed E-state index contributed by atoms with van der Waals surface area (Å²) in [7, 11) is 0. The summed E-state index contributed by atoms with van der Waals surface area (Å²) in [5.74, 6) is -1.32. The summed E-state index contributed by atoms with van der Waals surface area (Å²) in [5, 5.41) is 29.3. The second-order valence-corrected chi connectivity index (χ2v) is 3.82. The monoisotopic (exact) mass is 294 g/mol. The molecule has 0 aliphatic heterocycles. The van der Waals surface area contributed by atoms with Crippen molar-refractivity contribution in [2.75, 3.05) is 0 Å². The molecule has 1 aromatic carbocycles. The van der Waals surface area contributed by atoms with Crippen LogP contribution < -0.4 is 5.73 Å². The quantitative estimate of drug-likeness (QED) is 0.550. The minimum absolute atomic E-state index is 0.379. The number of hydrogen-bond acceptors (Lipinski definition) is 5. The summed E-state index contributed by atoms with van der Waals surface area (Å²) in [6.07, 6.45) is -9.01. The highest BCUT2D eigenvalue weighted by molar-refractivity contribution is 5.79. The van der Waals surface area contributed by atoms with E-state index in [0.717, 1.165) is 0 Å². The molecular formula is C10H9F3N2O5. The minimum atomic E-state index is -4.95. The van der Waals surface area contributed by atoms with Crippen molar-refractivity contribution < 1.29 is 33.1 Å². The fourth-order valence-electron chi connectivity index (χ4n) is 1.46. The van der Waals surface area contributed by atoms with Gasteiger partial charge in [0.15, 0.2) is 6.10 Å². The number of hydrogen-bond donors (Lipinski definition) is 3. The summed E-state index contributed by atoms with van der Waals surface area (Å²) in [4.78, 5) is 20.0. The van der Waals surface area contributed by atoms with Gasteiger partial charge in [-0.05, 0) is 11.6 Å². The summed E-state index contributed by atoms with van der Waals surface area (Å²) < 4.78 is 37.6. The highest BCUT2D eigenvalue weighted by Gasteiger charge is 2.39. The summed E-state index contributed by atoms with van der Waals surface area (Å²) in [6.45, 7) is 0. The molecule has 0 aliphatic carbocycles. The second kappa shape index (κ2) is 5.43. The maximum absolute atomic E-state index is 12.5. The van der Waals surface area contributed by atoms with Gasteiger partial charge in [0.1, 0.15) is 11.7 Å². The Hall–Kier alpha value is -2.20. The van der Waals surface area contributed by atoms with E-state index in [9.17, 15) is 38.3 Å². The number of alkyl halides is 3. The van der Waals surface area contributed by atoms with Gasteiger partial charge in [0.2, 0.25) is 5.91 Å². The number of amides is 1. The topological polar surface area (TPSA) is 127 Å². The van der Waals surface area contributed by atoms with Crippen molar-refractivity contribution in [3.05, 3.63) is 39.4 Å². The Morgan fingerprint density at radius 3 is 2.30 bits per heavy atom. The van der Waals surface area contributed by atoms with Crippen LogP contribution >= 0.6 is 0 Å². The minimum Gasteiger partial charge on any atom is -0.385 e. The first-order chi connectivity index (χ1) is 9.05. The average molecular weight is 294 g/mol. The highest BCUT2D eigenvalue weighted by Crippen LogP contribution is 2.37. The Morgan fingerprint density at radius 1 is 1.35 bits per heavy atom. The molecule has 2 atom stereocenters. The van der Waals surface area contributed by atoms with Crippen LogP contribution in [0.1, 0.15) is 17.2 Å². The SMILES string of the molecule is NC(=O)C(O)C(O)c1ccc(C(F)(F)F)c([N+](=O)[O-])c1. The van der Waals surface area contributed by atoms with Crippen LogP contribution in [0, 0.1) is 10.1 Å². The smallest absolute Gasteiger partial charge is 0.385 e. The maximum Gasteiger partial charge on any atom is 0.422 e. The standard InChI is InChI=1S/C10H9F3N2O5/c11-10(12,13)5-2-1-4(3-6(5)15(19)20)7(16)8(17)9(14)18/h1-3,7-8,16-17H,(H2,14,18). The predicted octanol–water partition coefficient (Wildman–Crippen LogP) is 0.493. The lowest BCUT2D eigenvalue weighted by molar-refractivity contribution is -0.388. The normalized spacial score (nSPS) is 14.7. The number of aliphatic hydroxyl groups excluding tert-OH is 2. The van der Waals surface area contributed by atoms with Gasteiger partial charge in [-0.3, -0.25) is 14.9 Å². The van der Waals surface area contributed by atoms with E-state index in [0.29, 0.717) is 18.2 Å². The molecule has 0 aromatic heterocycles. The third-order valence-electron chi connectivity index (χ3n) is 2.46. The Morgan fingerprint density at radius 2 is 1.90 bits per heavy atom. The molecule has 0 saturated heterocycles. The van der Waals surface area contributed by atoms with Crippen molar-refractivity contribution in [1.82, 2.24) is 0 Å². The molecule has 1 amide bonds. The van der Waals surface area contributed by atoms with Gasteiger partial charge in [0.25, 0.3) is 5.69 Å². The van der Waals surface area contributed by atoms with E-state index in [-0.39, 0.29) is 0 Å². The summed E-state index contributed by atoms with van der Waals surface area (Å²) >= 11 is 0. The van der Waals surface area contributed by atoms with Crippen LogP contribution in [0.3, 0.4) is 0 Å². The molecule has 1 aromatic rings. The maximum atomic E-state index is 12.5. The molecule has 0 spiro atoms. The van der Waals surface area contributed by atoms with Crippen molar-refractivity contribution in [3.8, 4) is 0 Å². The van der Waals surface area contributed by atoms with E-state index in [4.69, 9.17) is 5.73 Å². The van der Waals surface area contributed by atoms with Gasteiger partial charge in [-0.2, -0.15) is 13.2 Å². The Balaban J connectivity index is 3.31. The molecule has 0 heterocycles. The largest absolute Gasteiger partial charge is 0.422 e. The zero-order chi connectivity index (χ0) is 15.7. The number of rotatable bonds is 4. The zero-order valence-corrected chi connectivity index (χ0v) is 9.66. The van der Waals surface area contributed by atoms with E-state index in [2.05, 4.69) is 0 Å². The van der Waals surface area contributed by atoms with Crippen LogP contribution in [0.15, 0.2) is 18.2 Å². The van der Waals surface area contributed by atoms with Crippen LogP contribution in [0.25, 0.3) is 0 Å². The van der Waals surface area contributed by atoms with Crippen LogP contribution in [-0.2, 0) is 11.0 Å². The van der Waals surface area contributed by atoms with Gasteiger partial charge in [-0.25, -0.2) is 0 Å². The van der Waals surface area contributed by atoms with E-state index in [1.54, 1.807) is 0 Å². The molecule has 0 radical (unpaired) electrons. The van der Waals surface area contributed by atoms with Crippen LogP contribution in [0.5, 0.6) is 0 Å². The molecule has 0 fully saturated rings. The fraction of sp³-hybridized carbons (Fsp3) is 0.300. The molecule has 0 aliphatic rings. The molecular weight excluding hydrogens is 285 g/mol. The van der Waals surface area contributed by atoms with E-state index < -0.39 is 46.0 Å². The van der Waals surface area contributed by atoms with Gasteiger partial charge in [0.05, 0.1) is 4.92 Å². The van der Waals surface area contributed by atoms with Crippen molar-refractivity contribution in [2.24, 2.45) is 5.73 Å². The second-order valence-electron chi connectivity index (χ2n) is 3.82. The summed E-state index contributed by atoms with van der Waals surface area (Å²) in [6, 6.07) is 1.52. The van der Waals surface area contributed by atoms with Gasteiger partial charge in [0, 0.05) is 6.07 Å². The third-order valence-corrected chi connectivity index (χ3v) is 2.46. The molecule has 2 unspecified atom stereocenters. The molecule has 1 rings (SSSR count). The molecule has 0 saturated carbocycles. The molecule has 10 heteroatoms. The lowest BCUT2D eigenvalue weighted by atomic mass is 10.0. The Labute approximate surface area is 109 Å². The Kier molecular flexibility index (Phi) is 4.30. The zero-order valence-electron chi connectivity index (χ0n) is 9.66. The van der Waals surface area contributed by atoms with E-state index >= 15 is 0 Å². The van der Waals surface area contributed by atoms with Gasteiger partial charge in [-0.15, -0.1) is 0 Å². The number of nitrogens with two attached hydrogens (primary N) is 1. The van der Waals surface area contributed by atoms with Crippen LogP contribution in [0.4, 0.5) is 18.9 Å². The molecule has 0 bridgehead atoms.